The second-order valence-corrected chi connectivity index (χ2v) is 10.7. The Morgan fingerprint density at radius 1 is 0.235 bits per heavy atom. The first-order valence-corrected chi connectivity index (χ1v) is 15.8. The molecular weight excluding hydrogens is 418 g/mol. The Morgan fingerprint density at radius 3 is 0.618 bits per heavy atom. The summed E-state index contributed by atoms with van der Waals surface area (Å²) in [4.78, 5) is 0. The molecule has 0 rings (SSSR count). The molecule has 3 heteroatoms. The van der Waals surface area contributed by atoms with E-state index in [2.05, 4.69) is 5.32 Å². The highest BCUT2D eigenvalue weighted by Crippen LogP contribution is 2.15. The summed E-state index contributed by atoms with van der Waals surface area (Å²) in [7, 11) is 0. The second kappa shape index (κ2) is 32.9. The molecular formula is C31H65NO2. The number of hydrogen-bond acceptors (Lipinski definition) is 3. The molecule has 0 saturated carbocycles. The molecule has 0 aromatic rings. The van der Waals surface area contributed by atoms with Gasteiger partial charge in [0.05, 0.1) is 0 Å². The lowest BCUT2D eigenvalue weighted by Crippen LogP contribution is -2.16. The molecule has 34 heavy (non-hydrogen) atoms. The quantitative estimate of drug-likeness (QED) is 0.0862. The van der Waals surface area contributed by atoms with Crippen LogP contribution >= 0.6 is 0 Å². The Balaban J connectivity index is 2.99. The van der Waals surface area contributed by atoms with E-state index in [1.165, 1.54) is 174 Å². The summed E-state index contributed by atoms with van der Waals surface area (Å²) in [6.45, 7) is 3.14. The van der Waals surface area contributed by atoms with Crippen LogP contribution in [0.1, 0.15) is 173 Å². The third kappa shape index (κ3) is 31.9. The molecule has 0 bridgehead atoms. The van der Waals surface area contributed by atoms with Crippen molar-refractivity contribution in [1.82, 2.24) is 5.32 Å². The molecule has 206 valence electrons. The summed E-state index contributed by atoms with van der Waals surface area (Å²) in [6.07, 6.45) is 36.7. The van der Waals surface area contributed by atoms with E-state index in [-0.39, 0.29) is 0 Å². The van der Waals surface area contributed by atoms with Crippen molar-refractivity contribution in [3.63, 3.8) is 0 Å². The van der Waals surface area contributed by atoms with E-state index >= 15 is 0 Å². The fourth-order valence-electron chi connectivity index (χ4n) is 4.91. The van der Waals surface area contributed by atoms with Crippen LogP contribution in [0.25, 0.3) is 0 Å². The zero-order chi connectivity index (χ0) is 24.6. The van der Waals surface area contributed by atoms with E-state index < -0.39 is 0 Å². The highest BCUT2D eigenvalue weighted by atomic mass is 16.3. The minimum absolute atomic E-state index is 0.361. The minimum atomic E-state index is 0.361. The molecule has 0 amide bonds. The molecule has 3 N–H and O–H groups in total. The Bertz CT molecular complexity index is 305. The first-order valence-electron chi connectivity index (χ1n) is 15.8. The van der Waals surface area contributed by atoms with Gasteiger partial charge >= 0.3 is 0 Å². The van der Waals surface area contributed by atoms with Crippen LogP contribution in [0.3, 0.4) is 0 Å². The summed E-state index contributed by atoms with van der Waals surface area (Å²) in [5.41, 5.74) is 0. The van der Waals surface area contributed by atoms with Gasteiger partial charge in [-0.3, -0.25) is 0 Å². The first-order chi connectivity index (χ1) is 16.9. The Labute approximate surface area is 215 Å². The fourth-order valence-corrected chi connectivity index (χ4v) is 4.91. The average Bonchev–Trinajstić information content (AvgIpc) is 2.85. The van der Waals surface area contributed by atoms with Crippen molar-refractivity contribution in [2.75, 3.05) is 26.3 Å². The SMILES string of the molecule is OCCCCCCCCCCCCCCCCCCCCCCNCCCCCCCCCO. The topological polar surface area (TPSA) is 52.5 Å². The van der Waals surface area contributed by atoms with Gasteiger partial charge in [0.2, 0.25) is 0 Å². The highest BCUT2D eigenvalue weighted by Gasteiger charge is 1.96. The van der Waals surface area contributed by atoms with Gasteiger partial charge in [-0.1, -0.05) is 148 Å². The maximum absolute atomic E-state index is 8.77. The zero-order valence-corrected chi connectivity index (χ0v) is 23.3. The predicted molar refractivity (Wildman–Crippen MR) is 152 cm³/mol. The molecule has 0 heterocycles. The lowest BCUT2D eigenvalue weighted by Gasteiger charge is -2.06. The van der Waals surface area contributed by atoms with Crippen LogP contribution in [0, 0.1) is 0 Å². The number of unbranched alkanes of at least 4 members (excludes halogenated alkanes) is 25. The van der Waals surface area contributed by atoms with Crippen molar-refractivity contribution >= 4 is 0 Å². The molecule has 0 aromatic heterocycles. The Hall–Kier alpha value is -0.120. The molecule has 0 aliphatic carbocycles. The number of aliphatic hydroxyl groups is 2. The van der Waals surface area contributed by atoms with Gasteiger partial charge < -0.3 is 15.5 Å². The average molecular weight is 484 g/mol. The summed E-state index contributed by atoms with van der Waals surface area (Å²) in [6, 6.07) is 0. The van der Waals surface area contributed by atoms with E-state index in [9.17, 15) is 0 Å². The van der Waals surface area contributed by atoms with Crippen LogP contribution in [0.4, 0.5) is 0 Å². The third-order valence-electron chi connectivity index (χ3n) is 7.27. The Morgan fingerprint density at radius 2 is 0.412 bits per heavy atom. The number of nitrogens with one attached hydrogen (secondary N) is 1. The van der Waals surface area contributed by atoms with Gasteiger partial charge in [-0.05, 0) is 38.8 Å². The van der Waals surface area contributed by atoms with Gasteiger partial charge in [-0.15, -0.1) is 0 Å². The largest absolute Gasteiger partial charge is 0.396 e. The second-order valence-electron chi connectivity index (χ2n) is 10.7. The molecule has 3 nitrogen and oxygen atoms in total. The molecule has 0 saturated heterocycles. The summed E-state index contributed by atoms with van der Waals surface area (Å²) in [5.74, 6) is 0. The fraction of sp³-hybridized carbons (Fsp3) is 1.00. The molecule has 0 atom stereocenters. The van der Waals surface area contributed by atoms with Crippen LogP contribution in [0.5, 0.6) is 0 Å². The van der Waals surface area contributed by atoms with Gasteiger partial charge in [-0.25, -0.2) is 0 Å². The van der Waals surface area contributed by atoms with Crippen LogP contribution < -0.4 is 5.32 Å². The molecule has 0 aromatic carbocycles. The Kier molecular flexibility index (Phi) is 32.8. The highest BCUT2D eigenvalue weighted by molar-refractivity contribution is 4.53. The monoisotopic (exact) mass is 484 g/mol. The summed E-state index contributed by atoms with van der Waals surface area (Å²) in [5, 5.41) is 21.1. The summed E-state index contributed by atoms with van der Waals surface area (Å²) < 4.78 is 0. The smallest absolute Gasteiger partial charge is 0.0431 e. The van der Waals surface area contributed by atoms with Crippen molar-refractivity contribution in [3.8, 4) is 0 Å². The summed E-state index contributed by atoms with van der Waals surface area (Å²) >= 11 is 0. The van der Waals surface area contributed by atoms with Gasteiger partial charge in [0.15, 0.2) is 0 Å². The first kappa shape index (κ1) is 33.9. The maximum atomic E-state index is 8.77. The standard InChI is InChI=1S/C31H65NO2/c33-30-26-22-18-14-12-10-8-6-4-2-1-3-5-7-9-11-13-16-20-24-28-32-29-25-21-17-15-19-23-27-31-34/h32-34H,1-31H2. The molecule has 0 unspecified atom stereocenters. The lowest BCUT2D eigenvalue weighted by molar-refractivity contribution is 0.282. The number of aliphatic hydroxyl groups excluding tert-OH is 2. The van der Waals surface area contributed by atoms with E-state index in [0.717, 1.165) is 12.8 Å². The van der Waals surface area contributed by atoms with E-state index in [1.54, 1.807) is 0 Å². The van der Waals surface area contributed by atoms with Gasteiger partial charge in [0.1, 0.15) is 0 Å². The van der Waals surface area contributed by atoms with Crippen molar-refractivity contribution in [3.05, 3.63) is 0 Å². The molecule has 0 fully saturated rings. The van der Waals surface area contributed by atoms with Crippen molar-refractivity contribution < 1.29 is 10.2 Å². The van der Waals surface area contributed by atoms with E-state index in [4.69, 9.17) is 10.2 Å². The van der Waals surface area contributed by atoms with Crippen LogP contribution in [-0.4, -0.2) is 36.5 Å². The predicted octanol–water partition coefficient (Wildman–Crippen LogP) is 9.09. The zero-order valence-electron chi connectivity index (χ0n) is 23.3. The van der Waals surface area contributed by atoms with E-state index in [1.807, 2.05) is 0 Å². The molecule has 0 radical (unpaired) electrons. The van der Waals surface area contributed by atoms with Gasteiger partial charge in [0, 0.05) is 13.2 Å². The molecule has 0 aliphatic heterocycles. The van der Waals surface area contributed by atoms with Gasteiger partial charge in [-0.2, -0.15) is 0 Å². The van der Waals surface area contributed by atoms with Crippen LogP contribution in [-0.2, 0) is 0 Å². The number of hydrogen-bond donors (Lipinski definition) is 3. The van der Waals surface area contributed by atoms with Gasteiger partial charge in [0.25, 0.3) is 0 Å². The van der Waals surface area contributed by atoms with E-state index in [0.29, 0.717) is 13.2 Å². The van der Waals surface area contributed by atoms with Crippen LogP contribution in [0.2, 0.25) is 0 Å². The minimum Gasteiger partial charge on any atom is -0.396 e. The molecule has 0 spiro atoms. The lowest BCUT2D eigenvalue weighted by atomic mass is 10.0. The third-order valence-corrected chi connectivity index (χ3v) is 7.27. The normalized spacial score (nSPS) is 11.5. The van der Waals surface area contributed by atoms with Crippen molar-refractivity contribution in [2.45, 2.75) is 173 Å². The van der Waals surface area contributed by atoms with Crippen molar-refractivity contribution in [2.24, 2.45) is 0 Å². The van der Waals surface area contributed by atoms with Crippen molar-refractivity contribution in [1.29, 1.82) is 0 Å². The maximum Gasteiger partial charge on any atom is 0.0431 e. The molecule has 0 aliphatic rings. The van der Waals surface area contributed by atoms with Crippen LogP contribution in [0.15, 0.2) is 0 Å². The number of rotatable bonds is 31.